The number of pyridine rings is 1. The number of nitrogens with zero attached hydrogens (tertiary/aromatic N) is 1. The molecule has 6 nitrogen and oxygen atoms in total. The topological polar surface area (TPSA) is 105 Å². The van der Waals surface area contributed by atoms with E-state index in [9.17, 15) is 14.7 Å². The van der Waals surface area contributed by atoms with Crippen molar-refractivity contribution in [3.05, 3.63) is 66.2 Å². The molecule has 0 bridgehead atoms. The molecule has 2 atom stereocenters. The summed E-state index contributed by atoms with van der Waals surface area (Å²) in [6, 6.07) is 16.4. The molecule has 8 heteroatoms. The summed E-state index contributed by atoms with van der Waals surface area (Å²) in [6.45, 7) is 1.63. The van der Waals surface area contributed by atoms with Crippen molar-refractivity contribution in [3.63, 3.8) is 0 Å². The summed E-state index contributed by atoms with van der Waals surface area (Å²) < 4.78 is 0. The van der Waals surface area contributed by atoms with Crippen molar-refractivity contribution in [1.29, 1.82) is 0 Å². The standard InChI is InChI=1S/C21H21N3O3S.ClH/c1-13(23-20(26)17(22)12-14-6-9-16(25)10-7-14)21(27)28-19-11-8-15-4-2-3-5-18(15)24-19;/h2-11,13,17,25H,12,22H2,1H3,(H,23,26);1H/t13-,17-;/m0./s1. The monoisotopic (exact) mass is 431 g/mol. The summed E-state index contributed by atoms with van der Waals surface area (Å²) in [5.74, 6) is -0.249. The molecule has 0 fully saturated rings. The second-order valence-corrected chi connectivity index (χ2v) is 7.50. The van der Waals surface area contributed by atoms with Crippen molar-refractivity contribution >= 4 is 46.1 Å². The van der Waals surface area contributed by atoms with Gasteiger partial charge in [0, 0.05) is 5.39 Å². The number of hydrogen-bond donors (Lipinski definition) is 3. The molecule has 29 heavy (non-hydrogen) atoms. The maximum absolute atomic E-state index is 12.4. The van der Waals surface area contributed by atoms with Gasteiger partial charge in [-0.2, -0.15) is 0 Å². The Hall–Kier alpha value is -2.61. The smallest absolute Gasteiger partial charge is 0.237 e. The van der Waals surface area contributed by atoms with Crippen LogP contribution in [0.25, 0.3) is 10.9 Å². The molecular formula is C21H22ClN3O3S. The number of phenols is 1. The Kier molecular flexibility index (Phi) is 8.01. The van der Waals surface area contributed by atoms with Crippen LogP contribution in [0.2, 0.25) is 0 Å². The highest BCUT2D eigenvalue weighted by Crippen LogP contribution is 2.21. The lowest BCUT2D eigenvalue weighted by Gasteiger charge is -2.16. The Labute approximate surface area is 179 Å². The Bertz CT molecular complexity index is 998. The normalized spacial score (nSPS) is 12.6. The second kappa shape index (κ2) is 10.2. The number of phenolic OH excluding ortho intramolecular Hbond substituents is 1. The molecule has 4 N–H and O–H groups in total. The fourth-order valence-corrected chi connectivity index (χ4v) is 3.38. The number of carbonyl (C=O) groups is 2. The van der Waals surface area contributed by atoms with Crippen molar-refractivity contribution in [1.82, 2.24) is 10.3 Å². The first-order chi connectivity index (χ1) is 13.4. The van der Waals surface area contributed by atoms with Crippen molar-refractivity contribution in [2.45, 2.75) is 30.5 Å². The van der Waals surface area contributed by atoms with Gasteiger partial charge in [0.2, 0.25) is 11.0 Å². The van der Waals surface area contributed by atoms with Crippen LogP contribution in [0, 0.1) is 0 Å². The highest BCUT2D eigenvalue weighted by Gasteiger charge is 2.21. The average Bonchev–Trinajstić information content (AvgIpc) is 2.69. The number of carbonyl (C=O) groups excluding carboxylic acids is 2. The molecule has 0 saturated carbocycles. The SMILES string of the molecule is C[C@H](NC(=O)[C@@H](N)Cc1ccc(O)cc1)C(=O)Sc1ccc2ccccc2n1.Cl. The van der Waals surface area contributed by atoms with Crippen LogP contribution in [0.3, 0.4) is 0 Å². The van der Waals surface area contributed by atoms with Crippen LogP contribution in [-0.2, 0) is 16.0 Å². The van der Waals surface area contributed by atoms with Gasteiger partial charge in [-0.1, -0.05) is 36.4 Å². The molecule has 0 radical (unpaired) electrons. The number of benzene rings is 2. The summed E-state index contributed by atoms with van der Waals surface area (Å²) in [7, 11) is 0. The average molecular weight is 432 g/mol. The maximum atomic E-state index is 12.4. The van der Waals surface area contributed by atoms with Crippen LogP contribution >= 0.6 is 24.2 Å². The minimum atomic E-state index is -0.788. The molecule has 2 aromatic carbocycles. The van der Waals surface area contributed by atoms with Crippen LogP contribution in [-0.4, -0.2) is 33.2 Å². The number of thioether (sulfide) groups is 1. The molecule has 3 aromatic rings. The zero-order valence-electron chi connectivity index (χ0n) is 15.7. The summed E-state index contributed by atoms with van der Waals surface area (Å²) in [5.41, 5.74) is 7.59. The lowest BCUT2D eigenvalue weighted by Crippen LogP contribution is -2.47. The molecule has 0 aliphatic carbocycles. The van der Waals surface area contributed by atoms with E-state index in [1.807, 2.05) is 30.3 Å². The Morgan fingerprint density at radius 3 is 2.52 bits per heavy atom. The van der Waals surface area contributed by atoms with Gasteiger partial charge < -0.3 is 16.2 Å². The maximum Gasteiger partial charge on any atom is 0.237 e. The first kappa shape index (κ1) is 22.7. The van der Waals surface area contributed by atoms with E-state index in [-0.39, 0.29) is 23.3 Å². The van der Waals surface area contributed by atoms with E-state index in [0.717, 1.165) is 28.2 Å². The van der Waals surface area contributed by atoms with Gasteiger partial charge in [0.05, 0.1) is 17.6 Å². The zero-order valence-corrected chi connectivity index (χ0v) is 17.4. The Morgan fingerprint density at radius 2 is 1.79 bits per heavy atom. The van der Waals surface area contributed by atoms with Gasteiger partial charge in [-0.15, -0.1) is 12.4 Å². The number of fused-ring (bicyclic) bond motifs is 1. The van der Waals surface area contributed by atoms with E-state index >= 15 is 0 Å². The summed E-state index contributed by atoms with van der Waals surface area (Å²) >= 11 is 0.992. The highest BCUT2D eigenvalue weighted by molar-refractivity contribution is 8.13. The van der Waals surface area contributed by atoms with Gasteiger partial charge in [0.25, 0.3) is 0 Å². The van der Waals surface area contributed by atoms with E-state index in [4.69, 9.17) is 5.73 Å². The molecule has 1 aromatic heterocycles. The predicted molar refractivity (Wildman–Crippen MR) is 117 cm³/mol. The Balaban J connectivity index is 0.00000300. The number of rotatable bonds is 6. The van der Waals surface area contributed by atoms with Crippen LogP contribution in [0.5, 0.6) is 5.75 Å². The first-order valence-electron chi connectivity index (χ1n) is 8.84. The van der Waals surface area contributed by atoms with Gasteiger partial charge in [-0.3, -0.25) is 9.59 Å². The number of hydrogen-bond acceptors (Lipinski definition) is 6. The van der Waals surface area contributed by atoms with Crippen LogP contribution in [0.1, 0.15) is 12.5 Å². The van der Waals surface area contributed by atoms with E-state index in [0.29, 0.717) is 11.4 Å². The van der Waals surface area contributed by atoms with E-state index < -0.39 is 18.0 Å². The minimum absolute atomic E-state index is 0. The molecule has 0 aliphatic rings. The predicted octanol–water partition coefficient (Wildman–Crippen LogP) is 3.06. The van der Waals surface area contributed by atoms with Gasteiger partial charge in [-0.25, -0.2) is 4.98 Å². The molecule has 1 heterocycles. The zero-order chi connectivity index (χ0) is 20.1. The molecular weight excluding hydrogens is 410 g/mol. The quantitative estimate of drug-likeness (QED) is 0.518. The van der Waals surface area contributed by atoms with Crippen molar-refractivity contribution < 1.29 is 14.7 Å². The number of nitrogens with two attached hydrogens (primary N) is 1. The molecule has 152 valence electrons. The fraction of sp³-hybridized carbons (Fsp3) is 0.190. The van der Waals surface area contributed by atoms with Crippen LogP contribution < -0.4 is 11.1 Å². The first-order valence-corrected chi connectivity index (χ1v) is 9.65. The van der Waals surface area contributed by atoms with Crippen molar-refractivity contribution in [3.8, 4) is 5.75 Å². The van der Waals surface area contributed by atoms with Gasteiger partial charge in [0.1, 0.15) is 10.8 Å². The third-order valence-electron chi connectivity index (χ3n) is 4.22. The van der Waals surface area contributed by atoms with Gasteiger partial charge in [-0.05, 0) is 54.9 Å². The molecule has 0 aliphatic heterocycles. The summed E-state index contributed by atoms with van der Waals surface area (Å²) in [4.78, 5) is 29.2. The van der Waals surface area contributed by atoms with Crippen molar-refractivity contribution in [2.75, 3.05) is 0 Å². The molecule has 0 unspecified atom stereocenters. The van der Waals surface area contributed by atoms with Crippen molar-refractivity contribution in [2.24, 2.45) is 5.73 Å². The van der Waals surface area contributed by atoms with Crippen LogP contribution in [0.15, 0.2) is 65.7 Å². The number of aromatic nitrogens is 1. The summed E-state index contributed by atoms with van der Waals surface area (Å²) in [6.07, 6.45) is 0.312. The molecule has 1 amide bonds. The lowest BCUT2D eigenvalue weighted by molar-refractivity contribution is -0.125. The third-order valence-corrected chi connectivity index (χ3v) is 5.21. The highest BCUT2D eigenvalue weighted by atomic mass is 35.5. The lowest BCUT2D eigenvalue weighted by atomic mass is 10.1. The Morgan fingerprint density at radius 1 is 1.10 bits per heavy atom. The summed E-state index contributed by atoms with van der Waals surface area (Å²) in [5, 5.41) is 13.3. The number of aromatic hydroxyl groups is 1. The molecule has 0 saturated heterocycles. The van der Waals surface area contributed by atoms with Crippen LogP contribution in [0.4, 0.5) is 0 Å². The number of amides is 1. The number of para-hydroxylation sites is 1. The number of halogens is 1. The van der Waals surface area contributed by atoms with E-state index in [1.54, 1.807) is 37.3 Å². The largest absolute Gasteiger partial charge is 0.508 e. The van der Waals surface area contributed by atoms with Gasteiger partial charge >= 0.3 is 0 Å². The van der Waals surface area contributed by atoms with Gasteiger partial charge in [0.15, 0.2) is 0 Å². The van der Waals surface area contributed by atoms with E-state index in [1.165, 1.54) is 0 Å². The molecule has 0 spiro atoms. The van der Waals surface area contributed by atoms with E-state index in [2.05, 4.69) is 10.3 Å². The fourth-order valence-electron chi connectivity index (χ4n) is 2.65. The third kappa shape index (κ3) is 6.19. The number of nitrogens with one attached hydrogen (secondary N) is 1. The second-order valence-electron chi connectivity index (χ2n) is 6.47. The molecule has 3 rings (SSSR count). The minimum Gasteiger partial charge on any atom is -0.508 e.